The van der Waals surface area contributed by atoms with E-state index < -0.39 is 10.9 Å². The molecule has 1 aromatic carbocycles. The van der Waals surface area contributed by atoms with Gasteiger partial charge in [0, 0.05) is 6.07 Å². The lowest BCUT2D eigenvalue weighted by molar-refractivity contribution is -0.384. The summed E-state index contributed by atoms with van der Waals surface area (Å²) in [6.45, 7) is 1.74. The summed E-state index contributed by atoms with van der Waals surface area (Å²) < 4.78 is 4.69. The standard InChI is InChI=1S/C9H7Cl2NO4/c1-2-16-9(13)7-5(10)3-4-6(8(7)11)12(14)15/h3-4H,2H2,1H3. The highest BCUT2D eigenvalue weighted by Gasteiger charge is 2.24. The topological polar surface area (TPSA) is 69.4 Å². The minimum Gasteiger partial charge on any atom is -0.462 e. The Labute approximate surface area is 101 Å². The zero-order chi connectivity index (χ0) is 12.3. The molecule has 0 radical (unpaired) electrons. The van der Waals surface area contributed by atoms with Crippen LogP contribution in [0.15, 0.2) is 12.1 Å². The van der Waals surface area contributed by atoms with E-state index in [1.54, 1.807) is 6.92 Å². The highest BCUT2D eigenvalue weighted by Crippen LogP contribution is 2.33. The van der Waals surface area contributed by atoms with Crippen LogP contribution < -0.4 is 0 Å². The average Bonchev–Trinajstić information content (AvgIpc) is 2.17. The summed E-state index contributed by atoms with van der Waals surface area (Å²) in [5, 5.41) is 10.3. The molecular formula is C9H7Cl2NO4. The summed E-state index contributed by atoms with van der Waals surface area (Å²) >= 11 is 11.4. The Morgan fingerprint density at radius 3 is 2.62 bits per heavy atom. The molecule has 0 aliphatic carbocycles. The van der Waals surface area contributed by atoms with Crippen molar-refractivity contribution >= 4 is 34.9 Å². The van der Waals surface area contributed by atoms with Crippen LogP contribution in [0, 0.1) is 10.1 Å². The molecular weight excluding hydrogens is 257 g/mol. The first-order valence-electron chi connectivity index (χ1n) is 4.28. The van der Waals surface area contributed by atoms with Gasteiger partial charge in [0.1, 0.15) is 10.6 Å². The largest absolute Gasteiger partial charge is 0.462 e. The molecule has 0 aliphatic rings. The van der Waals surface area contributed by atoms with Crippen molar-refractivity contribution in [2.24, 2.45) is 0 Å². The molecule has 1 rings (SSSR count). The maximum atomic E-state index is 11.4. The fourth-order valence-corrected chi connectivity index (χ4v) is 1.67. The predicted octanol–water partition coefficient (Wildman–Crippen LogP) is 3.08. The number of ether oxygens (including phenoxy) is 1. The molecule has 0 aromatic heterocycles. The van der Waals surface area contributed by atoms with Crippen molar-refractivity contribution in [1.82, 2.24) is 0 Å². The van der Waals surface area contributed by atoms with Crippen LogP contribution in [0.2, 0.25) is 10.0 Å². The van der Waals surface area contributed by atoms with Crippen LogP contribution in [0.25, 0.3) is 0 Å². The van der Waals surface area contributed by atoms with Gasteiger partial charge < -0.3 is 4.74 Å². The van der Waals surface area contributed by atoms with Crippen LogP contribution in [0.4, 0.5) is 5.69 Å². The van der Waals surface area contributed by atoms with E-state index in [1.807, 2.05) is 0 Å². The number of carbonyl (C=O) groups excluding carboxylic acids is 1. The van der Waals surface area contributed by atoms with Crippen molar-refractivity contribution in [2.45, 2.75) is 6.92 Å². The van der Waals surface area contributed by atoms with Gasteiger partial charge >= 0.3 is 5.97 Å². The molecule has 16 heavy (non-hydrogen) atoms. The fourth-order valence-electron chi connectivity index (χ4n) is 1.07. The molecule has 0 saturated carbocycles. The highest BCUT2D eigenvalue weighted by molar-refractivity contribution is 6.40. The molecule has 0 bridgehead atoms. The molecule has 7 heteroatoms. The third-order valence-corrected chi connectivity index (χ3v) is 2.44. The lowest BCUT2D eigenvalue weighted by Crippen LogP contribution is -2.07. The average molecular weight is 264 g/mol. The van der Waals surface area contributed by atoms with Gasteiger partial charge in [0.05, 0.1) is 16.6 Å². The van der Waals surface area contributed by atoms with E-state index in [2.05, 4.69) is 0 Å². The van der Waals surface area contributed by atoms with E-state index in [9.17, 15) is 14.9 Å². The summed E-state index contributed by atoms with van der Waals surface area (Å²) in [6, 6.07) is 2.37. The monoisotopic (exact) mass is 263 g/mol. The maximum absolute atomic E-state index is 11.4. The Bertz CT molecular complexity index is 447. The zero-order valence-electron chi connectivity index (χ0n) is 8.20. The van der Waals surface area contributed by atoms with Crippen LogP contribution >= 0.6 is 23.2 Å². The van der Waals surface area contributed by atoms with Crippen molar-refractivity contribution in [3.05, 3.63) is 37.9 Å². The molecule has 0 N–H and O–H groups in total. The van der Waals surface area contributed by atoms with Crippen LogP contribution in [0.5, 0.6) is 0 Å². The fraction of sp³-hybridized carbons (Fsp3) is 0.222. The van der Waals surface area contributed by atoms with Gasteiger partial charge in [0.25, 0.3) is 5.69 Å². The van der Waals surface area contributed by atoms with Gasteiger partial charge in [-0.05, 0) is 13.0 Å². The summed E-state index contributed by atoms with van der Waals surface area (Å²) in [6.07, 6.45) is 0. The molecule has 86 valence electrons. The number of benzene rings is 1. The third-order valence-electron chi connectivity index (χ3n) is 1.75. The van der Waals surface area contributed by atoms with E-state index in [-0.39, 0.29) is 27.9 Å². The van der Waals surface area contributed by atoms with Gasteiger partial charge in [0.15, 0.2) is 0 Å². The second-order valence-electron chi connectivity index (χ2n) is 2.73. The summed E-state index contributed by atoms with van der Waals surface area (Å²) in [5.41, 5.74) is -0.562. The van der Waals surface area contributed by atoms with Gasteiger partial charge in [-0.1, -0.05) is 23.2 Å². The van der Waals surface area contributed by atoms with Gasteiger partial charge in [-0.3, -0.25) is 10.1 Å². The molecule has 0 atom stereocenters. The minimum absolute atomic E-state index is 0.0223. The number of nitro benzene ring substituents is 1. The molecule has 5 nitrogen and oxygen atoms in total. The predicted molar refractivity (Wildman–Crippen MR) is 59.1 cm³/mol. The first kappa shape index (κ1) is 12.7. The summed E-state index contributed by atoms with van der Waals surface area (Å²) in [4.78, 5) is 21.3. The van der Waals surface area contributed by atoms with Crippen LogP contribution in [0.3, 0.4) is 0 Å². The Balaban J connectivity index is 3.31. The van der Waals surface area contributed by atoms with Crippen molar-refractivity contribution in [3.8, 4) is 0 Å². The molecule has 0 saturated heterocycles. The Morgan fingerprint density at radius 1 is 1.50 bits per heavy atom. The van der Waals surface area contributed by atoms with Gasteiger partial charge in [-0.25, -0.2) is 4.79 Å². The molecule has 0 aliphatic heterocycles. The maximum Gasteiger partial charge on any atom is 0.341 e. The number of rotatable bonds is 3. The number of esters is 1. The smallest absolute Gasteiger partial charge is 0.341 e. The summed E-state index contributed by atoms with van der Waals surface area (Å²) in [7, 11) is 0. The third kappa shape index (κ3) is 2.43. The second-order valence-corrected chi connectivity index (χ2v) is 3.52. The van der Waals surface area contributed by atoms with E-state index in [0.29, 0.717) is 0 Å². The molecule has 0 heterocycles. The van der Waals surface area contributed by atoms with E-state index >= 15 is 0 Å². The Kier molecular flexibility index (Phi) is 4.09. The lowest BCUT2D eigenvalue weighted by Gasteiger charge is -2.06. The van der Waals surface area contributed by atoms with Gasteiger partial charge in [0.2, 0.25) is 0 Å². The van der Waals surface area contributed by atoms with Crippen LogP contribution in [-0.4, -0.2) is 17.5 Å². The van der Waals surface area contributed by atoms with Gasteiger partial charge in [-0.15, -0.1) is 0 Å². The number of nitrogens with zero attached hydrogens (tertiary/aromatic N) is 1. The Morgan fingerprint density at radius 2 is 2.12 bits per heavy atom. The molecule has 0 unspecified atom stereocenters. The van der Waals surface area contributed by atoms with Crippen LogP contribution in [0.1, 0.15) is 17.3 Å². The minimum atomic E-state index is -0.777. The molecule has 0 fully saturated rings. The first-order valence-corrected chi connectivity index (χ1v) is 5.04. The zero-order valence-corrected chi connectivity index (χ0v) is 9.71. The van der Waals surface area contributed by atoms with E-state index in [0.717, 1.165) is 6.07 Å². The SMILES string of the molecule is CCOC(=O)c1c(Cl)ccc([N+](=O)[O-])c1Cl. The van der Waals surface area contributed by atoms with Crippen LogP contribution in [-0.2, 0) is 4.74 Å². The Hall–Kier alpha value is -1.33. The lowest BCUT2D eigenvalue weighted by atomic mass is 10.2. The summed E-state index contributed by atoms with van der Waals surface area (Å²) in [5.74, 6) is -0.777. The normalized spacial score (nSPS) is 9.94. The van der Waals surface area contributed by atoms with Crippen molar-refractivity contribution in [3.63, 3.8) is 0 Å². The first-order chi connectivity index (χ1) is 7.49. The van der Waals surface area contributed by atoms with Crippen molar-refractivity contribution < 1.29 is 14.5 Å². The number of nitro groups is 1. The van der Waals surface area contributed by atoms with Crippen molar-refractivity contribution in [2.75, 3.05) is 6.61 Å². The van der Waals surface area contributed by atoms with Gasteiger partial charge in [-0.2, -0.15) is 0 Å². The number of carbonyl (C=O) groups is 1. The second kappa shape index (κ2) is 5.14. The van der Waals surface area contributed by atoms with Crippen molar-refractivity contribution in [1.29, 1.82) is 0 Å². The van der Waals surface area contributed by atoms with E-state index in [1.165, 1.54) is 6.07 Å². The number of halogens is 2. The number of hydrogen-bond donors (Lipinski definition) is 0. The van der Waals surface area contributed by atoms with E-state index in [4.69, 9.17) is 27.9 Å². The highest BCUT2D eigenvalue weighted by atomic mass is 35.5. The molecule has 0 amide bonds. The molecule has 0 spiro atoms. The quantitative estimate of drug-likeness (QED) is 0.478. The molecule has 1 aromatic rings. The number of hydrogen-bond acceptors (Lipinski definition) is 4.